The molecule has 2 aliphatic rings. The summed E-state index contributed by atoms with van der Waals surface area (Å²) in [5, 5.41) is 0. The van der Waals surface area contributed by atoms with E-state index in [0.717, 1.165) is 17.7 Å². The molecule has 1 amide bonds. The van der Waals surface area contributed by atoms with Gasteiger partial charge in [0.15, 0.2) is 0 Å². The maximum Gasteiger partial charge on any atom is 0.416 e. The molecule has 4 rings (SSSR count). The van der Waals surface area contributed by atoms with Gasteiger partial charge in [0.1, 0.15) is 12.4 Å². The Morgan fingerprint density at radius 1 is 1.13 bits per heavy atom. The third-order valence-electron chi connectivity index (χ3n) is 5.14. The molecule has 0 saturated carbocycles. The Morgan fingerprint density at radius 3 is 2.53 bits per heavy atom. The fourth-order valence-corrected chi connectivity index (χ4v) is 3.82. The molecule has 2 heterocycles. The third-order valence-corrected chi connectivity index (χ3v) is 5.14. The number of hydrogen-bond donors (Lipinski definition) is 0. The fraction of sp³-hybridized carbons (Fsp3) is 0.273. The van der Waals surface area contributed by atoms with Crippen molar-refractivity contribution in [3.63, 3.8) is 0 Å². The zero-order chi connectivity index (χ0) is 21.5. The van der Waals surface area contributed by atoms with Crippen molar-refractivity contribution in [3.8, 4) is 5.75 Å². The number of rotatable bonds is 4. The van der Waals surface area contributed by atoms with Gasteiger partial charge in [-0.3, -0.25) is 9.69 Å². The summed E-state index contributed by atoms with van der Waals surface area (Å²) in [7, 11) is 0. The second-order valence-electron chi connectivity index (χ2n) is 6.97. The molecule has 0 saturated heterocycles. The van der Waals surface area contributed by atoms with Crippen molar-refractivity contribution in [1.82, 2.24) is 0 Å². The smallest absolute Gasteiger partial charge is 0.416 e. The van der Waals surface area contributed by atoms with Gasteiger partial charge in [-0.2, -0.15) is 13.2 Å². The number of nitrogens with zero attached hydrogens (tertiary/aromatic N) is 1. The molecule has 30 heavy (non-hydrogen) atoms. The average molecular weight is 417 g/mol. The number of amides is 1. The van der Waals surface area contributed by atoms with Crippen LogP contribution in [0, 0.1) is 0 Å². The minimum absolute atomic E-state index is 0.0574. The molecule has 1 atom stereocenters. The quantitative estimate of drug-likeness (QED) is 0.691. The number of carbonyl (C=O) groups is 2. The van der Waals surface area contributed by atoms with Crippen LogP contribution in [0.5, 0.6) is 5.75 Å². The molecule has 0 N–H and O–H groups in total. The van der Waals surface area contributed by atoms with E-state index in [4.69, 9.17) is 9.47 Å². The molecule has 0 spiro atoms. The molecule has 0 aliphatic carbocycles. The first kappa shape index (κ1) is 20.0. The molecule has 0 radical (unpaired) electrons. The summed E-state index contributed by atoms with van der Waals surface area (Å²) in [6.07, 6.45) is -4.60. The molecule has 2 aliphatic heterocycles. The Labute approximate surface area is 170 Å². The predicted molar refractivity (Wildman–Crippen MR) is 102 cm³/mol. The van der Waals surface area contributed by atoms with Crippen molar-refractivity contribution < 1.29 is 32.2 Å². The van der Waals surface area contributed by atoms with Crippen molar-refractivity contribution in [2.75, 3.05) is 18.1 Å². The van der Waals surface area contributed by atoms with Gasteiger partial charge < -0.3 is 9.47 Å². The number of esters is 1. The Morgan fingerprint density at radius 2 is 1.87 bits per heavy atom. The lowest BCUT2D eigenvalue weighted by Crippen LogP contribution is -2.37. The van der Waals surface area contributed by atoms with Crippen LogP contribution in [-0.4, -0.2) is 25.1 Å². The van der Waals surface area contributed by atoms with E-state index >= 15 is 0 Å². The molecular formula is C22H18F3NO4. The van der Waals surface area contributed by atoms with E-state index in [1.807, 2.05) is 6.92 Å². The summed E-state index contributed by atoms with van der Waals surface area (Å²) in [4.78, 5) is 26.6. The molecule has 2 aromatic carbocycles. The third kappa shape index (κ3) is 3.53. The van der Waals surface area contributed by atoms with Gasteiger partial charge in [0.25, 0.3) is 0 Å². The van der Waals surface area contributed by atoms with Gasteiger partial charge in [-0.15, -0.1) is 0 Å². The number of cyclic esters (lactones) is 1. The summed E-state index contributed by atoms with van der Waals surface area (Å²) in [5.74, 6) is -0.823. The summed E-state index contributed by atoms with van der Waals surface area (Å²) in [6, 6.07) is 11.6. The highest BCUT2D eigenvalue weighted by Crippen LogP contribution is 2.43. The molecule has 156 valence electrons. The van der Waals surface area contributed by atoms with Crippen LogP contribution in [0.2, 0.25) is 0 Å². The second kappa shape index (κ2) is 7.51. The van der Waals surface area contributed by atoms with Crippen LogP contribution in [0.25, 0.3) is 0 Å². The Bertz CT molecular complexity index is 1030. The molecule has 0 bridgehead atoms. The van der Waals surface area contributed by atoms with Gasteiger partial charge in [-0.1, -0.05) is 18.2 Å². The van der Waals surface area contributed by atoms with Gasteiger partial charge in [-0.25, -0.2) is 4.79 Å². The van der Waals surface area contributed by atoms with Crippen LogP contribution in [-0.2, 0) is 20.5 Å². The highest BCUT2D eigenvalue weighted by molar-refractivity contribution is 6.06. The molecule has 0 fully saturated rings. The average Bonchev–Trinajstić information content (AvgIpc) is 3.09. The predicted octanol–water partition coefficient (Wildman–Crippen LogP) is 4.44. The normalized spacial score (nSPS) is 19.1. The minimum Gasteiger partial charge on any atom is -0.494 e. The fourth-order valence-electron chi connectivity index (χ4n) is 3.82. The zero-order valence-corrected chi connectivity index (χ0v) is 16.0. The SMILES string of the molecule is CCOc1ccc(C2CC(=O)N(c3cccc(C(F)(F)F)c3)C3=C2C(=O)OC3)cc1. The summed E-state index contributed by atoms with van der Waals surface area (Å²) in [6.45, 7) is 2.21. The highest BCUT2D eigenvalue weighted by Gasteiger charge is 2.43. The monoisotopic (exact) mass is 417 g/mol. The number of hydrogen-bond acceptors (Lipinski definition) is 4. The van der Waals surface area contributed by atoms with Crippen LogP contribution in [0.15, 0.2) is 59.8 Å². The standard InChI is InChI=1S/C22H18F3NO4/c1-2-29-16-8-6-13(7-9-16)17-11-19(27)26(18-12-30-21(28)20(17)18)15-5-3-4-14(10-15)22(23,24)25/h3-10,17H,2,11-12H2,1H3. The largest absolute Gasteiger partial charge is 0.494 e. The zero-order valence-electron chi connectivity index (χ0n) is 16.0. The molecule has 2 aromatic rings. The van der Waals surface area contributed by atoms with Crippen molar-refractivity contribution in [2.24, 2.45) is 0 Å². The van der Waals surface area contributed by atoms with Crippen LogP contribution in [0.1, 0.15) is 30.4 Å². The van der Waals surface area contributed by atoms with E-state index in [2.05, 4.69) is 0 Å². The van der Waals surface area contributed by atoms with Crippen LogP contribution in [0.3, 0.4) is 0 Å². The van der Waals surface area contributed by atoms with Gasteiger partial charge >= 0.3 is 12.1 Å². The van der Waals surface area contributed by atoms with E-state index in [-0.39, 0.29) is 24.4 Å². The molecule has 5 nitrogen and oxygen atoms in total. The minimum atomic E-state index is -4.54. The number of halogens is 3. The number of ether oxygens (including phenoxy) is 2. The van der Waals surface area contributed by atoms with Gasteiger partial charge in [0, 0.05) is 18.0 Å². The van der Waals surface area contributed by atoms with E-state index < -0.39 is 29.5 Å². The first-order valence-electron chi connectivity index (χ1n) is 9.42. The number of benzene rings is 2. The Balaban J connectivity index is 1.75. The maximum absolute atomic E-state index is 13.1. The van der Waals surface area contributed by atoms with Gasteiger partial charge in [0.05, 0.1) is 23.4 Å². The number of carbonyl (C=O) groups excluding carboxylic acids is 2. The Kier molecular flexibility index (Phi) is 5.01. The second-order valence-corrected chi connectivity index (χ2v) is 6.97. The number of alkyl halides is 3. The molecular weight excluding hydrogens is 399 g/mol. The lowest BCUT2D eigenvalue weighted by atomic mass is 9.84. The van der Waals surface area contributed by atoms with E-state index in [1.165, 1.54) is 17.0 Å². The summed E-state index contributed by atoms with van der Waals surface area (Å²) < 4.78 is 50.0. The summed E-state index contributed by atoms with van der Waals surface area (Å²) in [5.41, 5.74) is 0.520. The highest BCUT2D eigenvalue weighted by atomic mass is 19.4. The molecule has 1 unspecified atom stereocenters. The van der Waals surface area contributed by atoms with Gasteiger partial charge in [-0.05, 0) is 42.8 Å². The molecule has 0 aromatic heterocycles. The summed E-state index contributed by atoms with van der Waals surface area (Å²) >= 11 is 0. The van der Waals surface area contributed by atoms with Gasteiger partial charge in [0.2, 0.25) is 5.91 Å². The first-order valence-corrected chi connectivity index (χ1v) is 9.42. The van der Waals surface area contributed by atoms with Crippen LogP contribution < -0.4 is 9.64 Å². The number of anilines is 1. The first-order chi connectivity index (χ1) is 14.3. The topological polar surface area (TPSA) is 55.8 Å². The van der Waals surface area contributed by atoms with E-state index in [1.54, 1.807) is 24.3 Å². The lowest BCUT2D eigenvalue weighted by Gasteiger charge is -2.32. The van der Waals surface area contributed by atoms with Crippen molar-refractivity contribution in [3.05, 3.63) is 70.9 Å². The van der Waals surface area contributed by atoms with Crippen LogP contribution in [0.4, 0.5) is 18.9 Å². The Hall–Kier alpha value is -3.29. The van der Waals surface area contributed by atoms with E-state index in [9.17, 15) is 22.8 Å². The van der Waals surface area contributed by atoms with Crippen molar-refractivity contribution in [1.29, 1.82) is 0 Å². The van der Waals surface area contributed by atoms with E-state index in [0.29, 0.717) is 17.9 Å². The van der Waals surface area contributed by atoms with Crippen LogP contribution >= 0.6 is 0 Å². The van der Waals surface area contributed by atoms with Crippen molar-refractivity contribution in [2.45, 2.75) is 25.4 Å². The van der Waals surface area contributed by atoms with Crippen molar-refractivity contribution >= 4 is 17.6 Å². The molecule has 8 heteroatoms. The maximum atomic E-state index is 13.1. The lowest BCUT2D eigenvalue weighted by molar-refractivity contribution is -0.138.